The largest absolute Gasteiger partial charge is 0.135 e. The molecule has 1 aromatic heterocycles. The molecule has 0 radical (unpaired) electrons. The van der Waals surface area contributed by atoms with Gasteiger partial charge < -0.3 is 0 Å². The number of aryl methyl sites for hydroxylation is 1. The van der Waals surface area contributed by atoms with Gasteiger partial charge in [-0.15, -0.1) is 11.3 Å². The van der Waals surface area contributed by atoms with Crippen LogP contribution in [0.3, 0.4) is 0 Å². The summed E-state index contributed by atoms with van der Waals surface area (Å²) in [6, 6.07) is 26.4. The van der Waals surface area contributed by atoms with Gasteiger partial charge in [-0.3, -0.25) is 0 Å². The van der Waals surface area contributed by atoms with Crippen molar-refractivity contribution in [1.29, 1.82) is 0 Å². The summed E-state index contributed by atoms with van der Waals surface area (Å²) in [7, 11) is 0. The molecule has 142 valence electrons. The minimum absolute atomic E-state index is 0.00268. The lowest BCUT2D eigenvalue weighted by molar-refractivity contribution is 0.673. The third-order valence-corrected chi connectivity index (χ3v) is 6.67. The molecule has 1 aliphatic carbocycles. The second kappa shape index (κ2) is 6.86. The van der Waals surface area contributed by atoms with E-state index in [-0.39, 0.29) is 5.41 Å². The Kier molecular flexibility index (Phi) is 4.29. The number of fused-ring (bicyclic) bond motifs is 3. The molecule has 3 aromatic carbocycles. The van der Waals surface area contributed by atoms with Crippen molar-refractivity contribution in [2.45, 2.75) is 20.8 Å². The Balaban J connectivity index is 1.72. The summed E-state index contributed by atoms with van der Waals surface area (Å²) in [5, 5.41) is 2.70. The lowest BCUT2D eigenvalue weighted by atomic mass is 9.89. The summed E-state index contributed by atoms with van der Waals surface area (Å²) >= 11 is 1.89. The summed E-state index contributed by atoms with van der Waals surface area (Å²) in [5.74, 6) is 0. The minimum atomic E-state index is -0.00268. The standard InChI is InChI=1S/C28H24S/c1-19-8-6-9-20(14-19)21-10-7-11-22(15-21)23-16-25-24-12-4-5-13-26(24)29-27(25)18-28(2,3)17-23/h4-18H,1-3H3. The van der Waals surface area contributed by atoms with Crippen LogP contribution < -0.4 is 9.75 Å². The number of allylic oxidation sites excluding steroid dienone is 2. The lowest BCUT2D eigenvalue weighted by Crippen LogP contribution is -2.20. The van der Waals surface area contributed by atoms with Gasteiger partial charge in [-0.25, -0.2) is 0 Å². The zero-order chi connectivity index (χ0) is 20.0. The maximum Gasteiger partial charge on any atom is 0.0355 e. The van der Waals surface area contributed by atoms with Crippen molar-refractivity contribution in [1.82, 2.24) is 0 Å². The van der Waals surface area contributed by atoms with Crippen LogP contribution in [0, 0.1) is 12.3 Å². The third kappa shape index (κ3) is 3.47. The van der Waals surface area contributed by atoms with E-state index in [0.717, 1.165) is 0 Å². The van der Waals surface area contributed by atoms with Gasteiger partial charge in [-0.2, -0.15) is 0 Å². The molecule has 0 fully saturated rings. The van der Waals surface area contributed by atoms with E-state index in [1.165, 1.54) is 47.7 Å². The Morgan fingerprint density at radius 1 is 0.724 bits per heavy atom. The first-order valence-electron chi connectivity index (χ1n) is 10.1. The van der Waals surface area contributed by atoms with Crippen LogP contribution in [0.2, 0.25) is 0 Å². The van der Waals surface area contributed by atoms with Gasteiger partial charge in [0.25, 0.3) is 0 Å². The van der Waals surface area contributed by atoms with Gasteiger partial charge in [0.2, 0.25) is 0 Å². The van der Waals surface area contributed by atoms with E-state index in [4.69, 9.17) is 0 Å². The Morgan fingerprint density at radius 2 is 1.45 bits per heavy atom. The topological polar surface area (TPSA) is 0 Å². The van der Waals surface area contributed by atoms with Crippen molar-refractivity contribution in [2.75, 3.05) is 0 Å². The molecule has 4 aromatic rings. The summed E-state index contributed by atoms with van der Waals surface area (Å²) in [4.78, 5) is 0. The number of benzene rings is 3. The van der Waals surface area contributed by atoms with E-state index in [0.29, 0.717) is 0 Å². The van der Waals surface area contributed by atoms with Crippen molar-refractivity contribution >= 4 is 39.1 Å². The van der Waals surface area contributed by atoms with E-state index < -0.39 is 0 Å². The van der Waals surface area contributed by atoms with Crippen LogP contribution in [0.4, 0.5) is 0 Å². The average Bonchev–Trinajstić information content (AvgIpc) is 2.96. The Labute approximate surface area is 176 Å². The normalized spacial score (nSPS) is 15.1. The molecule has 0 atom stereocenters. The molecule has 1 heteroatoms. The van der Waals surface area contributed by atoms with Crippen molar-refractivity contribution in [3.63, 3.8) is 0 Å². The first-order valence-corrected chi connectivity index (χ1v) is 10.9. The molecule has 0 saturated carbocycles. The van der Waals surface area contributed by atoms with Gasteiger partial charge in [-0.1, -0.05) is 92.2 Å². The molecule has 0 nitrogen and oxygen atoms in total. The molecule has 29 heavy (non-hydrogen) atoms. The van der Waals surface area contributed by atoms with Crippen LogP contribution in [0.15, 0.2) is 78.9 Å². The van der Waals surface area contributed by atoms with Crippen LogP contribution >= 0.6 is 11.3 Å². The molecule has 1 aliphatic rings. The highest BCUT2D eigenvalue weighted by Crippen LogP contribution is 2.31. The number of rotatable bonds is 2. The quantitative estimate of drug-likeness (QED) is 0.362. The van der Waals surface area contributed by atoms with Gasteiger partial charge in [0.05, 0.1) is 0 Å². The van der Waals surface area contributed by atoms with Crippen LogP contribution in [0.5, 0.6) is 0 Å². The SMILES string of the molecule is Cc1cccc(-c2cccc(C3=CC(C)(C)C=c4sc5ccccc5c4=C3)c2)c1. The highest BCUT2D eigenvalue weighted by Gasteiger charge is 2.17. The fourth-order valence-corrected chi connectivity index (χ4v) is 5.50. The van der Waals surface area contributed by atoms with E-state index in [9.17, 15) is 0 Å². The first kappa shape index (κ1) is 18.1. The van der Waals surface area contributed by atoms with Gasteiger partial charge in [0.15, 0.2) is 0 Å². The molecule has 0 aliphatic heterocycles. The highest BCUT2D eigenvalue weighted by atomic mass is 32.1. The lowest BCUT2D eigenvalue weighted by Gasteiger charge is -2.16. The zero-order valence-electron chi connectivity index (χ0n) is 17.1. The predicted molar refractivity (Wildman–Crippen MR) is 128 cm³/mol. The molecule has 0 amide bonds. The molecule has 1 heterocycles. The van der Waals surface area contributed by atoms with Crippen molar-refractivity contribution in [3.05, 3.63) is 99.8 Å². The Bertz CT molecular complexity index is 1380. The van der Waals surface area contributed by atoms with Crippen molar-refractivity contribution in [3.8, 4) is 11.1 Å². The molecule has 0 spiro atoms. The zero-order valence-corrected chi connectivity index (χ0v) is 17.9. The van der Waals surface area contributed by atoms with E-state index in [2.05, 4.69) is 112 Å². The minimum Gasteiger partial charge on any atom is -0.135 e. The monoisotopic (exact) mass is 392 g/mol. The van der Waals surface area contributed by atoms with E-state index in [1.807, 2.05) is 11.3 Å². The molecular weight excluding hydrogens is 368 g/mol. The summed E-state index contributed by atoms with van der Waals surface area (Å²) in [6.45, 7) is 6.74. The Hall–Kier alpha value is -2.90. The van der Waals surface area contributed by atoms with Gasteiger partial charge >= 0.3 is 0 Å². The fourth-order valence-electron chi connectivity index (χ4n) is 4.19. The first-order chi connectivity index (χ1) is 14.0. The fraction of sp³-hybridized carbons (Fsp3) is 0.143. The highest BCUT2D eigenvalue weighted by molar-refractivity contribution is 7.17. The summed E-state index contributed by atoms with van der Waals surface area (Å²) in [6.07, 6.45) is 7.21. The Morgan fingerprint density at radius 3 is 2.28 bits per heavy atom. The number of thiophene rings is 1. The second-order valence-electron chi connectivity index (χ2n) is 8.54. The molecule has 0 unspecified atom stereocenters. The second-order valence-corrected chi connectivity index (χ2v) is 9.62. The van der Waals surface area contributed by atoms with Crippen LogP contribution in [0.25, 0.3) is 38.9 Å². The molecule has 0 bridgehead atoms. The van der Waals surface area contributed by atoms with Crippen LogP contribution in [0.1, 0.15) is 25.0 Å². The molecule has 5 rings (SSSR count). The predicted octanol–water partition coefficient (Wildman–Crippen LogP) is 6.56. The maximum absolute atomic E-state index is 2.42. The smallest absolute Gasteiger partial charge is 0.0355 e. The third-order valence-electron chi connectivity index (χ3n) is 5.54. The summed E-state index contributed by atoms with van der Waals surface area (Å²) < 4.78 is 2.73. The molecular formula is C28H24S. The van der Waals surface area contributed by atoms with Gasteiger partial charge in [-0.05, 0) is 47.4 Å². The number of hydrogen-bond donors (Lipinski definition) is 0. The molecule has 0 saturated heterocycles. The average molecular weight is 393 g/mol. The maximum atomic E-state index is 2.42. The van der Waals surface area contributed by atoms with Crippen LogP contribution in [-0.2, 0) is 0 Å². The van der Waals surface area contributed by atoms with Crippen molar-refractivity contribution < 1.29 is 0 Å². The number of hydrogen-bond acceptors (Lipinski definition) is 1. The van der Waals surface area contributed by atoms with Crippen LogP contribution in [-0.4, -0.2) is 0 Å². The van der Waals surface area contributed by atoms with Gasteiger partial charge in [0.1, 0.15) is 0 Å². The van der Waals surface area contributed by atoms with E-state index >= 15 is 0 Å². The van der Waals surface area contributed by atoms with Crippen molar-refractivity contribution in [2.24, 2.45) is 5.41 Å². The molecule has 0 N–H and O–H groups in total. The van der Waals surface area contributed by atoms with Gasteiger partial charge in [0, 0.05) is 25.3 Å². The van der Waals surface area contributed by atoms with E-state index in [1.54, 1.807) is 0 Å². The summed E-state index contributed by atoms with van der Waals surface area (Å²) in [5.41, 5.74) is 6.39.